The van der Waals surface area contributed by atoms with E-state index in [0.29, 0.717) is 5.92 Å². The minimum absolute atomic E-state index is 0.603. The third-order valence-electron chi connectivity index (χ3n) is 2.38. The van der Waals surface area contributed by atoms with Crippen molar-refractivity contribution >= 4 is 6.40 Å². The average molecular weight is 153 g/mol. The number of hydrogen-bond acceptors (Lipinski definition) is 3. The highest BCUT2D eigenvalue weighted by Gasteiger charge is 2.27. The van der Waals surface area contributed by atoms with Crippen LogP contribution < -0.4 is 5.43 Å². The molecule has 0 amide bonds. The van der Waals surface area contributed by atoms with E-state index in [9.17, 15) is 0 Å². The fourth-order valence-corrected chi connectivity index (χ4v) is 1.75. The van der Waals surface area contributed by atoms with Crippen LogP contribution in [-0.4, -0.2) is 6.40 Å². The lowest BCUT2D eigenvalue weighted by atomic mass is 9.88. The zero-order valence-corrected chi connectivity index (χ0v) is 6.55. The van der Waals surface area contributed by atoms with Gasteiger partial charge in [-0.3, -0.25) is 5.43 Å². The van der Waals surface area contributed by atoms with Crippen molar-refractivity contribution in [3.63, 3.8) is 0 Å². The van der Waals surface area contributed by atoms with Crippen LogP contribution in [0.1, 0.15) is 32.1 Å². The quantitative estimate of drug-likeness (QED) is 0.621. The molecule has 1 radical (unpaired) electrons. The molecule has 1 fully saturated rings. The molecule has 0 unspecified atom stereocenters. The summed E-state index contributed by atoms with van der Waals surface area (Å²) in [6.07, 6.45) is 8.99. The second-order valence-corrected chi connectivity index (χ2v) is 3.16. The molecular weight excluding hydrogens is 140 g/mol. The number of nitrogens with one attached hydrogen (secondary N) is 1. The van der Waals surface area contributed by atoms with Crippen molar-refractivity contribution in [3.8, 4) is 0 Å². The van der Waals surface area contributed by atoms with E-state index in [2.05, 4.69) is 10.5 Å². The second kappa shape index (κ2) is 3.11. The summed E-state index contributed by atoms with van der Waals surface area (Å²) in [5.41, 5.74) is 2.89. The van der Waals surface area contributed by atoms with Gasteiger partial charge in [0.05, 0.1) is 0 Å². The minimum Gasteiger partial charge on any atom is -0.448 e. The van der Waals surface area contributed by atoms with Crippen LogP contribution in [-0.2, 0) is 4.74 Å². The number of nitrogens with zero attached hydrogens (tertiary/aromatic N) is 1. The zero-order valence-electron chi connectivity index (χ0n) is 6.55. The van der Waals surface area contributed by atoms with Gasteiger partial charge in [0, 0.05) is 5.92 Å². The first kappa shape index (κ1) is 6.95. The van der Waals surface area contributed by atoms with Crippen molar-refractivity contribution in [2.24, 2.45) is 11.0 Å². The maximum atomic E-state index is 5.21. The Hall–Kier alpha value is -0.730. The monoisotopic (exact) mass is 153 g/mol. The van der Waals surface area contributed by atoms with Gasteiger partial charge in [-0.2, -0.15) is 0 Å². The largest absolute Gasteiger partial charge is 0.448 e. The van der Waals surface area contributed by atoms with Gasteiger partial charge >= 0.3 is 0 Å². The maximum absolute atomic E-state index is 5.21. The van der Waals surface area contributed by atoms with Gasteiger partial charge < -0.3 is 4.74 Å². The normalized spacial score (nSPS) is 26.5. The van der Waals surface area contributed by atoms with Crippen LogP contribution in [0.3, 0.4) is 0 Å². The standard InChI is InChI=1S/C8H13N2O/c1-2-4-7(5-3-1)8-10-9-6-11-8/h6-7,10H,1-5H2. The highest BCUT2D eigenvalue weighted by Crippen LogP contribution is 2.31. The molecular formula is C8H13N2O. The molecule has 0 spiro atoms. The molecule has 0 atom stereocenters. The lowest BCUT2D eigenvalue weighted by Gasteiger charge is -2.23. The summed E-state index contributed by atoms with van der Waals surface area (Å²) in [7, 11) is 0. The molecule has 1 N–H and O–H groups in total. The first-order chi connectivity index (χ1) is 5.47. The van der Waals surface area contributed by atoms with E-state index < -0.39 is 0 Å². The molecule has 2 aliphatic rings. The Morgan fingerprint density at radius 3 is 2.82 bits per heavy atom. The zero-order chi connectivity index (χ0) is 7.52. The molecule has 61 valence electrons. The summed E-state index contributed by atoms with van der Waals surface area (Å²) in [6.45, 7) is 0. The Labute approximate surface area is 66.8 Å². The van der Waals surface area contributed by atoms with Gasteiger partial charge in [0.2, 0.25) is 0 Å². The fraction of sp³-hybridized carbons (Fsp3) is 0.750. The molecule has 2 rings (SSSR count). The van der Waals surface area contributed by atoms with Crippen molar-refractivity contribution in [3.05, 3.63) is 6.23 Å². The van der Waals surface area contributed by atoms with Crippen LogP contribution in [0, 0.1) is 12.1 Å². The average Bonchev–Trinajstić information content (AvgIpc) is 2.58. The minimum atomic E-state index is 0.603. The molecule has 1 saturated carbocycles. The van der Waals surface area contributed by atoms with E-state index in [4.69, 9.17) is 4.74 Å². The molecule has 0 bridgehead atoms. The van der Waals surface area contributed by atoms with Crippen molar-refractivity contribution in [2.75, 3.05) is 0 Å². The van der Waals surface area contributed by atoms with Gasteiger partial charge in [0.15, 0.2) is 6.40 Å². The highest BCUT2D eigenvalue weighted by atomic mass is 16.5. The van der Waals surface area contributed by atoms with Crippen molar-refractivity contribution in [1.82, 2.24) is 5.43 Å². The van der Waals surface area contributed by atoms with E-state index in [-0.39, 0.29) is 0 Å². The van der Waals surface area contributed by atoms with Crippen LogP contribution in [0.25, 0.3) is 0 Å². The molecule has 1 aliphatic heterocycles. The molecule has 0 aromatic heterocycles. The maximum Gasteiger partial charge on any atom is 0.259 e. The van der Waals surface area contributed by atoms with Gasteiger partial charge in [-0.15, -0.1) is 5.10 Å². The Morgan fingerprint density at radius 1 is 1.36 bits per heavy atom. The molecule has 0 aromatic rings. The third-order valence-corrected chi connectivity index (χ3v) is 2.38. The summed E-state index contributed by atoms with van der Waals surface area (Å²) in [4.78, 5) is 0. The molecule has 3 heteroatoms. The van der Waals surface area contributed by atoms with Crippen LogP contribution >= 0.6 is 0 Å². The van der Waals surface area contributed by atoms with E-state index in [1.165, 1.54) is 38.5 Å². The lowest BCUT2D eigenvalue weighted by molar-refractivity contribution is 0.200. The van der Waals surface area contributed by atoms with Gasteiger partial charge in [-0.05, 0) is 12.8 Å². The predicted molar refractivity (Wildman–Crippen MR) is 42.5 cm³/mol. The second-order valence-electron chi connectivity index (χ2n) is 3.16. The van der Waals surface area contributed by atoms with Crippen LogP contribution in [0.15, 0.2) is 5.10 Å². The van der Waals surface area contributed by atoms with E-state index >= 15 is 0 Å². The summed E-state index contributed by atoms with van der Waals surface area (Å²) >= 11 is 0. The van der Waals surface area contributed by atoms with E-state index in [0.717, 1.165) is 6.23 Å². The number of rotatable bonds is 1. The third kappa shape index (κ3) is 1.47. The summed E-state index contributed by atoms with van der Waals surface area (Å²) < 4.78 is 5.21. The smallest absolute Gasteiger partial charge is 0.259 e. The summed E-state index contributed by atoms with van der Waals surface area (Å²) in [5.74, 6) is 0.603. The molecule has 11 heavy (non-hydrogen) atoms. The van der Waals surface area contributed by atoms with Gasteiger partial charge in [0.25, 0.3) is 6.23 Å². The van der Waals surface area contributed by atoms with Crippen LogP contribution in [0.4, 0.5) is 0 Å². The van der Waals surface area contributed by atoms with Crippen molar-refractivity contribution < 1.29 is 4.74 Å². The Bertz CT molecular complexity index is 144. The first-order valence-corrected chi connectivity index (χ1v) is 4.28. The van der Waals surface area contributed by atoms with Crippen molar-refractivity contribution in [2.45, 2.75) is 32.1 Å². The van der Waals surface area contributed by atoms with Crippen molar-refractivity contribution in [1.29, 1.82) is 0 Å². The highest BCUT2D eigenvalue weighted by molar-refractivity contribution is 5.49. The predicted octanol–water partition coefficient (Wildman–Crippen LogP) is 1.62. The number of hydrogen-bond donors (Lipinski definition) is 1. The number of ether oxygens (including phenoxy) is 1. The fourth-order valence-electron chi connectivity index (χ4n) is 1.75. The molecule has 0 saturated heterocycles. The van der Waals surface area contributed by atoms with Crippen LogP contribution in [0.2, 0.25) is 0 Å². The first-order valence-electron chi connectivity index (χ1n) is 4.28. The van der Waals surface area contributed by atoms with Gasteiger partial charge in [-0.25, -0.2) is 0 Å². The molecule has 1 aliphatic carbocycles. The molecule has 1 heterocycles. The SMILES string of the molecule is C1=NN[C](C2CCCCC2)O1. The molecule has 0 aromatic carbocycles. The van der Waals surface area contributed by atoms with Gasteiger partial charge in [0.1, 0.15) is 0 Å². The topological polar surface area (TPSA) is 33.6 Å². The Balaban J connectivity index is 1.83. The Morgan fingerprint density at radius 2 is 2.18 bits per heavy atom. The Kier molecular flexibility index (Phi) is 1.97. The van der Waals surface area contributed by atoms with Crippen LogP contribution in [0.5, 0.6) is 0 Å². The van der Waals surface area contributed by atoms with E-state index in [1.54, 1.807) is 0 Å². The summed E-state index contributed by atoms with van der Waals surface area (Å²) in [5, 5.41) is 3.81. The lowest BCUT2D eigenvalue weighted by Crippen LogP contribution is -2.24. The van der Waals surface area contributed by atoms with Gasteiger partial charge in [-0.1, -0.05) is 19.3 Å². The molecule has 3 nitrogen and oxygen atoms in total. The summed E-state index contributed by atoms with van der Waals surface area (Å²) in [6, 6.07) is 0. The number of hydrazone groups is 1. The van der Waals surface area contributed by atoms with E-state index in [1.807, 2.05) is 0 Å².